The molecule has 108 valence electrons. The molecule has 1 unspecified atom stereocenters. The second-order valence-corrected chi connectivity index (χ2v) is 6.77. The number of hydrogen-bond acceptors (Lipinski definition) is 3. The minimum absolute atomic E-state index is 0.213. The number of benzene rings is 1. The zero-order valence-corrected chi connectivity index (χ0v) is 14.2. The number of fused-ring (bicyclic) bond motifs is 1. The quantitative estimate of drug-likeness (QED) is 0.680. The molecular weight excluding hydrogens is 344 g/mol. The van der Waals surface area contributed by atoms with Crippen LogP contribution in [0.25, 0.3) is 10.8 Å². The number of hydrogen-bond donors (Lipinski definition) is 1. The fourth-order valence-electron chi connectivity index (χ4n) is 2.54. The van der Waals surface area contributed by atoms with Gasteiger partial charge in [0.1, 0.15) is 0 Å². The number of thiophene rings is 1. The molecule has 1 atom stereocenters. The highest BCUT2D eigenvalue weighted by atomic mass is 79.9. The van der Waals surface area contributed by atoms with E-state index in [1.807, 2.05) is 12.4 Å². The van der Waals surface area contributed by atoms with Crippen molar-refractivity contribution >= 4 is 38.0 Å². The van der Waals surface area contributed by atoms with Crippen molar-refractivity contribution in [3.05, 3.63) is 63.0 Å². The Morgan fingerprint density at radius 3 is 2.95 bits per heavy atom. The molecule has 3 rings (SSSR count). The predicted molar refractivity (Wildman–Crippen MR) is 93.9 cm³/mol. The molecule has 0 amide bonds. The molecule has 0 radical (unpaired) electrons. The summed E-state index contributed by atoms with van der Waals surface area (Å²) in [6.45, 7) is 3.19. The zero-order chi connectivity index (χ0) is 14.7. The van der Waals surface area contributed by atoms with Crippen molar-refractivity contribution in [1.82, 2.24) is 10.3 Å². The molecule has 2 nitrogen and oxygen atoms in total. The van der Waals surface area contributed by atoms with Gasteiger partial charge in [-0.25, -0.2) is 0 Å². The molecule has 2 heterocycles. The summed E-state index contributed by atoms with van der Waals surface area (Å²) < 4.78 is 1.17. The Bertz CT molecular complexity index is 733. The number of nitrogens with one attached hydrogen (secondary N) is 1. The van der Waals surface area contributed by atoms with Crippen molar-refractivity contribution in [3.8, 4) is 0 Å². The Balaban J connectivity index is 2.12. The van der Waals surface area contributed by atoms with Crippen molar-refractivity contribution in [2.24, 2.45) is 0 Å². The smallest absolute Gasteiger partial charge is 0.0688 e. The van der Waals surface area contributed by atoms with E-state index in [0.717, 1.165) is 13.0 Å². The predicted octanol–water partition coefficient (Wildman–Crippen LogP) is 5.15. The van der Waals surface area contributed by atoms with Crippen molar-refractivity contribution in [2.45, 2.75) is 19.4 Å². The van der Waals surface area contributed by atoms with Gasteiger partial charge in [0, 0.05) is 27.1 Å². The first-order chi connectivity index (χ1) is 10.3. The first-order valence-electron chi connectivity index (χ1n) is 7.10. The lowest BCUT2D eigenvalue weighted by molar-refractivity contribution is 0.607. The summed E-state index contributed by atoms with van der Waals surface area (Å²) in [6, 6.07) is 10.9. The van der Waals surface area contributed by atoms with E-state index >= 15 is 0 Å². The van der Waals surface area contributed by atoms with Gasteiger partial charge in [0.25, 0.3) is 0 Å². The number of aromatic nitrogens is 1. The first-order valence-corrected chi connectivity index (χ1v) is 8.77. The molecular formula is C17H17BrN2S. The van der Waals surface area contributed by atoms with Gasteiger partial charge >= 0.3 is 0 Å². The average Bonchev–Trinajstić information content (AvgIpc) is 2.94. The second kappa shape index (κ2) is 6.69. The summed E-state index contributed by atoms with van der Waals surface area (Å²) in [5, 5.41) is 8.26. The van der Waals surface area contributed by atoms with Crippen molar-refractivity contribution in [3.63, 3.8) is 0 Å². The lowest BCUT2D eigenvalue weighted by atomic mass is 9.99. The number of nitrogens with zero attached hydrogens (tertiary/aromatic N) is 1. The fourth-order valence-corrected chi connectivity index (χ4v) is 4.24. The van der Waals surface area contributed by atoms with Gasteiger partial charge in [-0.15, -0.1) is 11.3 Å². The summed E-state index contributed by atoms with van der Waals surface area (Å²) >= 11 is 5.46. The summed E-state index contributed by atoms with van der Waals surface area (Å²) in [5.41, 5.74) is 1.31. The van der Waals surface area contributed by atoms with Crippen LogP contribution in [0.1, 0.15) is 29.8 Å². The van der Waals surface area contributed by atoms with Gasteiger partial charge in [-0.1, -0.05) is 25.1 Å². The monoisotopic (exact) mass is 360 g/mol. The molecule has 2 aromatic heterocycles. The van der Waals surface area contributed by atoms with Crippen molar-refractivity contribution in [1.29, 1.82) is 0 Å². The molecule has 1 N–H and O–H groups in total. The lowest BCUT2D eigenvalue weighted by Gasteiger charge is -2.20. The van der Waals surface area contributed by atoms with Crippen LogP contribution >= 0.6 is 27.3 Å². The Morgan fingerprint density at radius 2 is 2.19 bits per heavy atom. The van der Waals surface area contributed by atoms with Gasteiger partial charge in [-0.3, -0.25) is 4.98 Å². The molecule has 0 aliphatic heterocycles. The Morgan fingerprint density at radius 1 is 1.29 bits per heavy atom. The van der Waals surface area contributed by atoms with Crippen LogP contribution in [0.15, 0.2) is 52.6 Å². The molecule has 0 bridgehead atoms. The van der Waals surface area contributed by atoms with E-state index in [9.17, 15) is 0 Å². The molecule has 1 aromatic carbocycles. The normalized spacial score (nSPS) is 12.7. The maximum absolute atomic E-state index is 4.23. The summed E-state index contributed by atoms with van der Waals surface area (Å²) in [7, 11) is 0. The average molecular weight is 361 g/mol. The van der Waals surface area contributed by atoms with Gasteiger partial charge < -0.3 is 5.32 Å². The Labute approximate surface area is 137 Å². The van der Waals surface area contributed by atoms with Gasteiger partial charge in [0.15, 0.2) is 0 Å². The topological polar surface area (TPSA) is 24.9 Å². The molecule has 0 aliphatic rings. The maximum Gasteiger partial charge on any atom is 0.0688 e. The standard InChI is InChI=1S/C17H17BrN2S/c1-2-8-20-16(17-15(18)7-10-21-17)14-5-3-4-12-11-19-9-6-13(12)14/h3-7,9-11,16,20H,2,8H2,1H3. The van der Waals surface area contributed by atoms with Crippen molar-refractivity contribution in [2.75, 3.05) is 6.54 Å². The molecule has 21 heavy (non-hydrogen) atoms. The van der Waals surface area contributed by atoms with Crippen LogP contribution in [0, 0.1) is 0 Å². The van der Waals surface area contributed by atoms with E-state index in [0.29, 0.717) is 0 Å². The van der Waals surface area contributed by atoms with E-state index in [-0.39, 0.29) is 6.04 Å². The largest absolute Gasteiger partial charge is 0.306 e. The molecule has 0 aliphatic carbocycles. The van der Waals surface area contributed by atoms with Crippen molar-refractivity contribution < 1.29 is 0 Å². The molecule has 0 fully saturated rings. The van der Waals surface area contributed by atoms with Crippen LogP contribution in [-0.2, 0) is 0 Å². The number of halogens is 1. The van der Waals surface area contributed by atoms with Crippen LogP contribution in [0.4, 0.5) is 0 Å². The zero-order valence-electron chi connectivity index (χ0n) is 11.8. The highest BCUT2D eigenvalue weighted by molar-refractivity contribution is 9.10. The number of rotatable bonds is 5. The van der Waals surface area contributed by atoms with E-state index in [2.05, 4.69) is 68.9 Å². The summed E-state index contributed by atoms with van der Waals surface area (Å²) in [5.74, 6) is 0. The third-order valence-corrected chi connectivity index (χ3v) is 5.47. The molecule has 4 heteroatoms. The molecule has 3 aromatic rings. The fraction of sp³-hybridized carbons (Fsp3) is 0.235. The number of pyridine rings is 1. The second-order valence-electron chi connectivity index (χ2n) is 4.96. The Kier molecular flexibility index (Phi) is 4.68. The van der Waals surface area contributed by atoms with Crippen LogP contribution < -0.4 is 5.32 Å². The van der Waals surface area contributed by atoms with Crippen LogP contribution in [0.2, 0.25) is 0 Å². The first kappa shape index (κ1) is 14.7. The Hall–Kier alpha value is -1.23. The SMILES string of the molecule is CCCNC(c1sccc1Br)c1cccc2cnccc12. The third-order valence-electron chi connectivity index (χ3n) is 3.53. The van der Waals surface area contributed by atoms with E-state index in [1.54, 1.807) is 11.3 Å². The van der Waals surface area contributed by atoms with E-state index in [1.165, 1.54) is 25.7 Å². The summed E-state index contributed by atoms with van der Waals surface area (Å²) in [4.78, 5) is 5.56. The third kappa shape index (κ3) is 3.03. The minimum atomic E-state index is 0.213. The van der Waals surface area contributed by atoms with Crippen LogP contribution in [-0.4, -0.2) is 11.5 Å². The van der Waals surface area contributed by atoms with E-state index < -0.39 is 0 Å². The minimum Gasteiger partial charge on any atom is -0.306 e. The molecule has 0 spiro atoms. The van der Waals surface area contributed by atoms with Crippen LogP contribution in [0.5, 0.6) is 0 Å². The highest BCUT2D eigenvalue weighted by Crippen LogP contribution is 2.35. The highest BCUT2D eigenvalue weighted by Gasteiger charge is 2.19. The maximum atomic E-state index is 4.23. The summed E-state index contributed by atoms with van der Waals surface area (Å²) in [6.07, 6.45) is 4.91. The van der Waals surface area contributed by atoms with Gasteiger partial charge in [0.05, 0.1) is 6.04 Å². The molecule has 0 saturated heterocycles. The van der Waals surface area contributed by atoms with Gasteiger partial charge in [-0.2, -0.15) is 0 Å². The van der Waals surface area contributed by atoms with Gasteiger partial charge in [0.2, 0.25) is 0 Å². The van der Waals surface area contributed by atoms with Crippen LogP contribution in [0.3, 0.4) is 0 Å². The lowest BCUT2D eigenvalue weighted by Crippen LogP contribution is -2.22. The van der Waals surface area contributed by atoms with Gasteiger partial charge in [-0.05, 0) is 57.4 Å². The van der Waals surface area contributed by atoms with E-state index in [4.69, 9.17) is 0 Å². The molecule has 0 saturated carbocycles.